The zero-order valence-corrected chi connectivity index (χ0v) is 12.7. The molecule has 2 rings (SSSR count). The van der Waals surface area contributed by atoms with Crippen molar-refractivity contribution in [3.05, 3.63) is 76.1 Å². The van der Waals surface area contributed by atoms with Gasteiger partial charge in [-0.3, -0.25) is 9.59 Å². The molecular formula is C17H14BrO2. The minimum atomic E-state index is -0.0551. The van der Waals surface area contributed by atoms with Gasteiger partial charge in [0.1, 0.15) is 0 Å². The summed E-state index contributed by atoms with van der Waals surface area (Å²) in [5.74, 6) is -0.0608. The normalized spacial score (nSPS) is 10.3. The van der Waals surface area contributed by atoms with Crippen LogP contribution < -0.4 is 0 Å². The molecule has 0 amide bonds. The summed E-state index contributed by atoms with van der Waals surface area (Å²) in [6.07, 6.45) is 1.74. The van der Waals surface area contributed by atoms with Crippen LogP contribution in [0.3, 0.4) is 0 Å². The lowest BCUT2D eigenvalue weighted by atomic mass is 9.96. The van der Waals surface area contributed by atoms with Crippen molar-refractivity contribution >= 4 is 27.5 Å². The summed E-state index contributed by atoms with van der Waals surface area (Å²) in [4.78, 5) is 24.2. The fourth-order valence-electron chi connectivity index (χ4n) is 2.03. The minimum absolute atomic E-state index is 0.00571. The van der Waals surface area contributed by atoms with Gasteiger partial charge in [-0.1, -0.05) is 65.3 Å². The fraction of sp³-hybridized carbons (Fsp3) is 0.118. The van der Waals surface area contributed by atoms with Crippen molar-refractivity contribution in [3.63, 3.8) is 0 Å². The molecule has 0 aliphatic rings. The Bertz CT molecular complexity index is 647. The third-order valence-electron chi connectivity index (χ3n) is 3.07. The number of carbonyl (C=O) groups excluding carboxylic acids is 2. The Labute approximate surface area is 127 Å². The second kappa shape index (κ2) is 6.62. The first kappa shape index (κ1) is 14.7. The van der Waals surface area contributed by atoms with Crippen molar-refractivity contribution in [1.82, 2.24) is 0 Å². The molecule has 0 atom stereocenters. The average molecular weight is 330 g/mol. The van der Waals surface area contributed by atoms with Gasteiger partial charge in [-0.15, -0.1) is 0 Å². The van der Waals surface area contributed by atoms with Crippen LogP contribution in [0.4, 0.5) is 0 Å². The van der Waals surface area contributed by atoms with Crippen LogP contribution in [-0.2, 0) is 6.42 Å². The Morgan fingerprint density at radius 3 is 2.25 bits per heavy atom. The van der Waals surface area contributed by atoms with Gasteiger partial charge in [-0.25, -0.2) is 0 Å². The summed E-state index contributed by atoms with van der Waals surface area (Å²) < 4.78 is 0.774. The molecule has 1 radical (unpaired) electrons. The highest BCUT2D eigenvalue weighted by atomic mass is 79.9. The molecule has 0 aromatic heterocycles. The van der Waals surface area contributed by atoms with E-state index in [0.717, 1.165) is 10.0 Å². The third kappa shape index (κ3) is 3.23. The summed E-state index contributed by atoms with van der Waals surface area (Å²) in [5.41, 5.74) is 1.99. The minimum Gasteiger partial charge on any atom is -0.294 e. The van der Waals surface area contributed by atoms with Crippen LogP contribution in [0.2, 0.25) is 0 Å². The summed E-state index contributed by atoms with van der Waals surface area (Å²) in [6.45, 7) is 1.70. The van der Waals surface area contributed by atoms with Crippen molar-refractivity contribution < 1.29 is 9.59 Å². The predicted octanol–water partition coefficient (Wildman–Crippen LogP) is 4.28. The van der Waals surface area contributed by atoms with Crippen LogP contribution in [0.1, 0.15) is 33.2 Å². The van der Waals surface area contributed by atoms with Gasteiger partial charge in [0.2, 0.25) is 0 Å². The Balaban J connectivity index is 2.29. The van der Waals surface area contributed by atoms with Gasteiger partial charge in [0.25, 0.3) is 0 Å². The first-order valence-corrected chi connectivity index (χ1v) is 7.12. The van der Waals surface area contributed by atoms with Gasteiger partial charge in [0.05, 0.1) is 0 Å². The lowest BCUT2D eigenvalue weighted by Gasteiger charge is -2.08. The van der Waals surface area contributed by atoms with Crippen LogP contribution in [0.15, 0.2) is 53.0 Å². The summed E-state index contributed by atoms with van der Waals surface area (Å²) >= 11 is 3.38. The fourth-order valence-corrected chi connectivity index (χ4v) is 2.53. The maximum Gasteiger partial charge on any atom is 0.168 e. The van der Waals surface area contributed by atoms with Crippen molar-refractivity contribution in [3.8, 4) is 0 Å². The second-order valence-corrected chi connectivity index (χ2v) is 5.24. The van der Waals surface area contributed by atoms with Crippen LogP contribution in [0, 0.1) is 6.42 Å². The molecule has 0 spiro atoms. The van der Waals surface area contributed by atoms with Crippen LogP contribution in [-0.4, -0.2) is 11.6 Å². The summed E-state index contributed by atoms with van der Waals surface area (Å²) in [7, 11) is 0. The smallest absolute Gasteiger partial charge is 0.168 e. The highest BCUT2D eigenvalue weighted by molar-refractivity contribution is 9.10. The number of hydrogen-bond donors (Lipinski definition) is 0. The van der Waals surface area contributed by atoms with E-state index in [1.165, 1.54) is 6.42 Å². The monoisotopic (exact) mass is 329 g/mol. The van der Waals surface area contributed by atoms with E-state index in [-0.39, 0.29) is 18.0 Å². The van der Waals surface area contributed by atoms with Gasteiger partial charge in [-0.05, 0) is 11.6 Å². The quantitative estimate of drug-likeness (QED) is 0.767. The Kier molecular flexibility index (Phi) is 4.85. The van der Waals surface area contributed by atoms with E-state index in [9.17, 15) is 9.59 Å². The molecule has 0 N–H and O–H groups in total. The Morgan fingerprint density at radius 1 is 1.00 bits per heavy atom. The molecule has 0 saturated carbocycles. The SMILES string of the molecule is C[CH]C(=O)c1ccccc1CC(=O)c1ccccc1Br. The topological polar surface area (TPSA) is 34.1 Å². The first-order chi connectivity index (χ1) is 9.63. The van der Waals surface area contributed by atoms with Gasteiger partial charge in [-0.2, -0.15) is 0 Å². The van der Waals surface area contributed by atoms with E-state index < -0.39 is 0 Å². The lowest BCUT2D eigenvalue weighted by Crippen LogP contribution is -2.09. The number of Topliss-reactive ketones (excluding diaryl/α,β-unsaturated/α-hetero) is 2. The van der Waals surface area contributed by atoms with Crippen molar-refractivity contribution in [2.24, 2.45) is 0 Å². The van der Waals surface area contributed by atoms with Crippen molar-refractivity contribution in [1.29, 1.82) is 0 Å². The number of benzene rings is 2. The van der Waals surface area contributed by atoms with Gasteiger partial charge in [0, 0.05) is 28.4 Å². The molecule has 0 fully saturated rings. The molecule has 0 bridgehead atoms. The number of rotatable bonds is 5. The zero-order chi connectivity index (χ0) is 14.5. The van der Waals surface area contributed by atoms with E-state index in [4.69, 9.17) is 0 Å². The molecule has 101 valence electrons. The third-order valence-corrected chi connectivity index (χ3v) is 3.76. The van der Waals surface area contributed by atoms with Crippen LogP contribution >= 0.6 is 15.9 Å². The van der Waals surface area contributed by atoms with Gasteiger partial charge < -0.3 is 0 Å². The van der Waals surface area contributed by atoms with E-state index in [1.54, 1.807) is 19.1 Å². The standard InChI is InChI=1S/C17H14BrO2/c1-2-16(19)13-8-4-3-7-12(13)11-17(20)14-9-5-6-10-15(14)18/h2-10H,11H2,1H3. The zero-order valence-electron chi connectivity index (χ0n) is 11.1. The lowest BCUT2D eigenvalue weighted by molar-refractivity contribution is 0.0992. The number of halogens is 1. The first-order valence-electron chi connectivity index (χ1n) is 6.33. The number of hydrogen-bond acceptors (Lipinski definition) is 2. The molecule has 2 nitrogen and oxygen atoms in total. The molecule has 20 heavy (non-hydrogen) atoms. The Morgan fingerprint density at radius 2 is 1.60 bits per heavy atom. The molecule has 2 aromatic rings. The molecule has 2 aromatic carbocycles. The molecule has 0 unspecified atom stereocenters. The van der Waals surface area contributed by atoms with E-state index in [1.807, 2.05) is 36.4 Å². The molecular weight excluding hydrogens is 316 g/mol. The predicted molar refractivity (Wildman–Crippen MR) is 82.9 cm³/mol. The highest BCUT2D eigenvalue weighted by Crippen LogP contribution is 2.20. The van der Waals surface area contributed by atoms with Crippen LogP contribution in [0.25, 0.3) is 0 Å². The Hall–Kier alpha value is -1.74. The summed E-state index contributed by atoms with van der Waals surface area (Å²) in [5, 5.41) is 0. The molecule has 0 aliphatic heterocycles. The number of carbonyl (C=O) groups is 2. The van der Waals surface area contributed by atoms with E-state index in [0.29, 0.717) is 11.1 Å². The van der Waals surface area contributed by atoms with Crippen molar-refractivity contribution in [2.45, 2.75) is 13.3 Å². The largest absolute Gasteiger partial charge is 0.294 e. The van der Waals surface area contributed by atoms with Crippen LogP contribution in [0.5, 0.6) is 0 Å². The van der Waals surface area contributed by atoms with Crippen molar-refractivity contribution in [2.75, 3.05) is 0 Å². The van der Waals surface area contributed by atoms with Gasteiger partial charge in [0.15, 0.2) is 11.6 Å². The molecule has 0 heterocycles. The molecule has 0 saturated heterocycles. The maximum atomic E-state index is 12.3. The second-order valence-electron chi connectivity index (χ2n) is 4.39. The van der Waals surface area contributed by atoms with E-state index in [2.05, 4.69) is 15.9 Å². The molecule has 0 aliphatic carbocycles. The summed E-state index contributed by atoms with van der Waals surface area (Å²) in [6, 6.07) is 14.5. The molecule has 3 heteroatoms. The average Bonchev–Trinajstić information content (AvgIpc) is 2.47. The number of ketones is 2. The maximum absolute atomic E-state index is 12.3. The van der Waals surface area contributed by atoms with Gasteiger partial charge >= 0.3 is 0 Å². The van der Waals surface area contributed by atoms with E-state index >= 15 is 0 Å². The highest BCUT2D eigenvalue weighted by Gasteiger charge is 2.15.